The summed E-state index contributed by atoms with van der Waals surface area (Å²) in [7, 11) is 0. The molecule has 2 N–H and O–H groups in total. The molecule has 0 fully saturated rings. The van der Waals surface area contributed by atoms with Gasteiger partial charge in [0.25, 0.3) is 0 Å². The lowest BCUT2D eigenvalue weighted by atomic mass is 10.4. The van der Waals surface area contributed by atoms with Gasteiger partial charge < -0.3 is 10.5 Å². The van der Waals surface area contributed by atoms with Gasteiger partial charge in [0.05, 0.1) is 11.9 Å². The van der Waals surface area contributed by atoms with Crippen LogP contribution in [0, 0.1) is 0 Å². The summed E-state index contributed by atoms with van der Waals surface area (Å²) >= 11 is 5.70. The number of pyridine rings is 2. The Morgan fingerprint density at radius 1 is 1.20 bits per heavy atom. The Morgan fingerprint density at radius 2 is 2.07 bits per heavy atom. The van der Waals surface area contributed by atoms with Crippen molar-refractivity contribution in [2.24, 2.45) is 0 Å². The number of nitrogen functional groups attached to an aromatic ring is 1. The summed E-state index contributed by atoms with van der Waals surface area (Å²) in [5.41, 5.74) is 6.09. The first-order valence-corrected chi connectivity index (χ1v) is 4.63. The summed E-state index contributed by atoms with van der Waals surface area (Å²) in [6.07, 6.45) is 3.09. The van der Waals surface area contributed by atoms with Crippen LogP contribution in [0.15, 0.2) is 36.7 Å². The first kappa shape index (κ1) is 9.73. The molecular formula is C10H8ClN3O. The Labute approximate surface area is 91.7 Å². The fourth-order valence-corrected chi connectivity index (χ4v) is 1.18. The summed E-state index contributed by atoms with van der Waals surface area (Å²) in [6.45, 7) is 0. The van der Waals surface area contributed by atoms with Crippen LogP contribution in [0.4, 0.5) is 5.69 Å². The first-order chi connectivity index (χ1) is 7.24. The van der Waals surface area contributed by atoms with Gasteiger partial charge in [0.1, 0.15) is 10.9 Å². The van der Waals surface area contributed by atoms with E-state index in [-0.39, 0.29) is 0 Å². The van der Waals surface area contributed by atoms with Crippen LogP contribution in [0.2, 0.25) is 5.15 Å². The van der Waals surface area contributed by atoms with E-state index in [1.165, 1.54) is 6.20 Å². The largest absolute Gasteiger partial charge is 0.439 e. The van der Waals surface area contributed by atoms with Crippen LogP contribution in [0.5, 0.6) is 11.6 Å². The minimum atomic E-state index is 0.378. The number of nitrogens with two attached hydrogens (primary N) is 1. The number of rotatable bonds is 2. The van der Waals surface area contributed by atoms with Crippen molar-refractivity contribution in [3.8, 4) is 11.6 Å². The zero-order valence-electron chi connectivity index (χ0n) is 7.72. The van der Waals surface area contributed by atoms with Crippen LogP contribution >= 0.6 is 11.6 Å². The Bertz CT molecular complexity index is 458. The molecule has 0 aliphatic carbocycles. The average Bonchev–Trinajstić information content (AvgIpc) is 2.22. The van der Waals surface area contributed by atoms with E-state index in [4.69, 9.17) is 22.1 Å². The van der Waals surface area contributed by atoms with Gasteiger partial charge in [-0.2, -0.15) is 0 Å². The van der Waals surface area contributed by atoms with Gasteiger partial charge in [0.15, 0.2) is 0 Å². The molecule has 2 rings (SSSR count). The van der Waals surface area contributed by atoms with E-state index in [1.54, 1.807) is 30.5 Å². The second-order valence-electron chi connectivity index (χ2n) is 2.85. The molecule has 2 aromatic heterocycles. The SMILES string of the molecule is Nc1ccc(Oc2ccnc(Cl)c2)nc1. The molecule has 0 aliphatic rings. The average molecular weight is 222 g/mol. The summed E-state index contributed by atoms with van der Waals surface area (Å²) in [4.78, 5) is 7.83. The minimum Gasteiger partial charge on any atom is -0.439 e. The second kappa shape index (κ2) is 4.14. The van der Waals surface area contributed by atoms with Crippen molar-refractivity contribution in [1.82, 2.24) is 9.97 Å². The third-order valence-corrected chi connectivity index (χ3v) is 1.89. The third kappa shape index (κ3) is 2.57. The van der Waals surface area contributed by atoms with Gasteiger partial charge in [-0.15, -0.1) is 0 Å². The van der Waals surface area contributed by atoms with Crippen molar-refractivity contribution in [1.29, 1.82) is 0 Å². The lowest BCUT2D eigenvalue weighted by Crippen LogP contribution is -1.90. The van der Waals surface area contributed by atoms with Crippen molar-refractivity contribution in [3.05, 3.63) is 41.8 Å². The van der Waals surface area contributed by atoms with Gasteiger partial charge in [0, 0.05) is 18.3 Å². The topological polar surface area (TPSA) is 61.0 Å². The van der Waals surface area contributed by atoms with Gasteiger partial charge in [0.2, 0.25) is 5.88 Å². The Morgan fingerprint density at radius 3 is 2.73 bits per heavy atom. The molecule has 2 heterocycles. The van der Waals surface area contributed by atoms with E-state index in [2.05, 4.69) is 9.97 Å². The van der Waals surface area contributed by atoms with E-state index in [0.29, 0.717) is 22.5 Å². The first-order valence-electron chi connectivity index (χ1n) is 4.25. The summed E-state index contributed by atoms with van der Waals surface area (Å²) < 4.78 is 5.42. The number of aromatic nitrogens is 2. The second-order valence-corrected chi connectivity index (χ2v) is 3.23. The molecule has 15 heavy (non-hydrogen) atoms. The Balaban J connectivity index is 2.18. The van der Waals surface area contributed by atoms with Crippen molar-refractivity contribution in [3.63, 3.8) is 0 Å². The molecule has 5 heteroatoms. The molecule has 0 radical (unpaired) electrons. The molecule has 0 amide bonds. The zero-order valence-corrected chi connectivity index (χ0v) is 8.48. The smallest absolute Gasteiger partial charge is 0.219 e. The number of ether oxygens (including phenoxy) is 1. The quantitative estimate of drug-likeness (QED) is 0.792. The van der Waals surface area contributed by atoms with Crippen molar-refractivity contribution < 1.29 is 4.74 Å². The van der Waals surface area contributed by atoms with Crippen molar-refractivity contribution >= 4 is 17.3 Å². The number of hydrogen-bond acceptors (Lipinski definition) is 4. The van der Waals surface area contributed by atoms with Gasteiger partial charge in [-0.1, -0.05) is 11.6 Å². The fourth-order valence-electron chi connectivity index (χ4n) is 1.02. The van der Waals surface area contributed by atoms with E-state index in [1.807, 2.05) is 0 Å². The predicted octanol–water partition coefficient (Wildman–Crippen LogP) is 2.50. The molecule has 0 aliphatic heterocycles. The highest BCUT2D eigenvalue weighted by molar-refractivity contribution is 6.29. The maximum absolute atomic E-state index is 5.70. The van der Waals surface area contributed by atoms with Crippen LogP contribution in [-0.4, -0.2) is 9.97 Å². The van der Waals surface area contributed by atoms with Crippen molar-refractivity contribution in [2.75, 3.05) is 5.73 Å². The number of halogens is 1. The standard InChI is InChI=1S/C10H8ClN3O/c11-9-5-8(3-4-13-9)15-10-2-1-7(12)6-14-10/h1-6H,12H2. The Hall–Kier alpha value is -1.81. The maximum Gasteiger partial charge on any atom is 0.219 e. The zero-order chi connectivity index (χ0) is 10.7. The van der Waals surface area contributed by atoms with Crippen LogP contribution in [-0.2, 0) is 0 Å². The highest BCUT2D eigenvalue weighted by Crippen LogP contribution is 2.21. The van der Waals surface area contributed by atoms with Crippen LogP contribution in [0.1, 0.15) is 0 Å². The molecule has 76 valence electrons. The number of hydrogen-bond donors (Lipinski definition) is 1. The highest BCUT2D eigenvalue weighted by atomic mass is 35.5. The van der Waals surface area contributed by atoms with Crippen LogP contribution in [0.3, 0.4) is 0 Å². The highest BCUT2D eigenvalue weighted by Gasteiger charge is 1.99. The molecule has 0 bridgehead atoms. The lowest BCUT2D eigenvalue weighted by Gasteiger charge is -2.04. The van der Waals surface area contributed by atoms with E-state index in [9.17, 15) is 0 Å². The normalized spacial score (nSPS) is 9.93. The molecule has 0 unspecified atom stereocenters. The van der Waals surface area contributed by atoms with Crippen molar-refractivity contribution in [2.45, 2.75) is 0 Å². The molecule has 4 nitrogen and oxygen atoms in total. The van der Waals surface area contributed by atoms with Crippen LogP contribution in [0.25, 0.3) is 0 Å². The third-order valence-electron chi connectivity index (χ3n) is 1.68. The monoisotopic (exact) mass is 221 g/mol. The molecule has 0 spiro atoms. The molecule has 0 aromatic carbocycles. The molecule has 0 saturated heterocycles. The predicted molar refractivity (Wildman–Crippen MR) is 58.0 cm³/mol. The minimum absolute atomic E-state index is 0.378. The molecule has 0 atom stereocenters. The molecule has 2 aromatic rings. The summed E-state index contributed by atoms with van der Waals surface area (Å²) in [5, 5.41) is 0.378. The summed E-state index contributed by atoms with van der Waals surface area (Å²) in [6, 6.07) is 6.71. The summed E-state index contributed by atoms with van der Waals surface area (Å²) in [5.74, 6) is 1.05. The van der Waals surface area contributed by atoms with E-state index in [0.717, 1.165) is 0 Å². The van der Waals surface area contributed by atoms with Gasteiger partial charge >= 0.3 is 0 Å². The number of nitrogens with zero attached hydrogens (tertiary/aromatic N) is 2. The van der Waals surface area contributed by atoms with Crippen LogP contribution < -0.4 is 10.5 Å². The number of anilines is 1. The van der Waals surface area contributed by atoms with Gasteiger partial charge in [-0.3, -0.25) is 0 Å². The Kier molecular flexibility index (Phi) is 2.69. The van der Waals surface area contributed by atoms with Gasteiger partial charge in [-0.05, 0) is 12.1 Å². The fraction of sp³-hybridized carbons (Fsp3) is 0. The van der Waals surface area contributed by atoms with E-state index >= 15 is 0 Å². The lowest BCUT2D eigenvalue weighted by molar-refractivity contribution is 0.462. The molecular weight excluding hydrogens is 214 g/mol. The maximum atomic E-state index is 5.70. The molecule has 0 saturated carbocycles. The van der Waals surface area contributed by atoms with E-state index < -0.39 is 0 Å². The van der Waals surface area contributed by atoms with Gasteiger partial charge in [-0.25, -0.2) is 9.97 Å².